The molecule has 112 valence electrons. The van der Waals surface area contributed by atoms with Crippen LogP contribution in [-0.4, -0.2) is 10.6 Å². The van der Waals surface area contributed by atoms with Crippen LogP contribution in [0.25, 0.3) is 10.9 Å². The maximum absolute atomic E-state index is 12.2. The maximum atomic E-state index is 12.2. The highest BCUT2D eigenvalue weighted by atomic mass is 79.9. The van der Waals surface area contributed by atoms with Crippen molar-refractivity contribution in [2.24, 2.45) is 7.05 Å². The Labute approximate surface area is 137 Å². The average molecular weight is 358 g/mol. The van der Waals surface area contributed by atoms with E-state index in [0.717, 1.165) is 32.3 Å². The Bertz CT molecular complexity index is 854. The van der Waals surface area contributed by atoms with E-state index in [0.29, 0.717) is 0 Å². The number of anilines is 2. The predicted molar refractivity (Wildman–Crippen MR) is 94.4 cm³/mol. The predicted octanol–water partition coefficient (Wildman–Crippen LogP) is 4.89. The Morgan fingerprint density at radius 1 is 1.09 bits per heavy atom. The molecule has 0 spiro atoms. The lowest BCUT2D eigenvalue weighted by atomic mass is 10.2. The summed E-state index contributed by atoms with van der Waals surface area (Å²) in [5.41, 5.74) is 3.67. The van der Waals surface area contributed by atoms with Gasteiger partial charge in [0.25, 0.3) is 0 Å². The first-order valence-corrected chi connectivity index (χ1v) is 7.72. The number of aromatic nitrogens is 1. The second-order valence-electron chi connectivity index (χ2n) is 5.21. The van der Waals surface area contributed by atoms with Crippen molar-refractivity contribution in [3.63, 3.8) is 0 Å². The van der Waals surface area contributed by atoms with Crippen LogP contribution in [0.3, 0.4) is 0 Å². The molecule has 1 heterocycles. The molecule has 22 heavy (non-hydrogen) atoms. The van der Waals surface area contributed by atoms with Gasteiger partial charge in [-0.1, -0.05) is 34.1 Å². The fourth-order valence-electron chi connectivity index (χ4n) is 2.48. The van der Waals surface area contributed by atoms with Gasteiger partial charge in [-0.05, 0) is 36.8 Å². The van der Waals surface area contributed by atoms with E-state index in [-0.39, 0.29) is 6.03 Å². The summed E-state index contributed by atoms with van der Waals surface area (Å²) >= 11 is 3.42. The average Bonchev–Trinajstić information content (AvgIpc) is 2.79. The van der Waals surface area contributed by atoms with Gasteiger partial charge in [-0.25, -0.2) is 4.79 Å². The highest BCUT2D eigenvalue weighted by Crippen LogP contribution is 2.25. The summed E-state index contributed by atoms with van der Waals surface area (Å²) in [4.78, 5) is 12.2. The number of hydrogen-bond donors (Lipinski definition) is 2. The number of benzene rings is 2. The summed E-state index contributed by atoms with van der Waals surface area (Å²) in [7, 11) is 1.96. The monoisotopic (exact) mass is 357 g/mol. The van der Waals surface area contributed by atoms with Crippen molar-refractivity contribution < 1.29 is 4.79 Å². The van der Waals surface area contributed by atoms with Crippen LogP contribution in [0, 0.1) is 6.92 Å². The third-order valence-electron chi connectivity index (χ3n) is 3.58. The zero-order valence-corrected chi connectivity index (χ0v) is 13.9. The normalized spacial score (nSPS) is 10.7. The fourth-order valence-corrected chi connectivity index (χ4v) is 2.96. The summed E-state index contributed by atoms with van der Waals surface area (Å²) in [6.07, 6.45) is 1.92. The van der Waals surface area contributed by atoms with E-state index in [4.69, 9.17) is 0 Å². The topological polar surface area (TPSA) is 46.1 Å². The van der Waals surface area contributed by atoms with Crippen LogP contribution < -0.4 is 10.6 Å². The zero-order chi connectivity index (χ0) is 15.7. The SMILES string of the molecule is Cc1cc(Br)ccc1NC(=O)Nc1cn(C)c2ccccc12. The molecule has 0 bridgehead atoms. The Kier molecular flexibility index (Phi) is 3.90. The van der Waals surface area contributed by atoms with Gasteiger partial charge in [0.05, 0.1) is 5.69 Å². The maximum Gasteiger partial charge on any atom is 0.323 e. The standard InChI is InChI=1S/C17H16BrN3O/c1-11-9-12(18)7-8-14(11)19-17(22)20-15-10-21(2)16-6-4-3-5-13(15)16/h3-10H,1-2H3,(H2,19,20,22). The summed E-state index contributed by atoms with van der Waals surface area (Å²) in [6, 6.07) is 13.5. The summed E-state index contributed by atoms with van der Waals surface area (Å²) < 4.78 is 2.99. The number of amides is 2. The van der Waals surface area contributed by atoms with E-state index < -0.39 is 0 Å². The van der Waals surface area contributed by atoms with Gasteiger partial charge in [0.15, 0.2) is 0 Å². The first-order valence-electron chi connectivity index (χ1n) is 6.93. The molecule has 0 atom stereocenters. The fraction of sp³-hybridized carbons (Fsp3) is 0.118. The quantitative estimate of drug-likeness (QED) is 0.673. The van der Waals surface area contributed by atoms with Crippen LogP contribution in [0.15, 0.2) is 53.1 Å². The van der Waals surface area contributed by atoms with Crippen LogP contribution >= 0.6 is 15.9 Å². The third kappa shape index (κ3) is 2.85. The van der Waals surface area contributed by atoms with E-state index in [9.17, 15) is 4.79 Å². The van der Waals surface area contributed by atoms with Gasteiger partial charge in [0, 0.05) is 34.3 Å². The Morgan fingerprint density at radius 2 is 1.82 bits per heavy atom. The van der Waals surface area contributed by atoms with Crippen LogP contribution in [-0.2, 0) is 7.05 Å². The Balaban J connectivity index is 1.81. The van der Waals surface area contributed by atoms with E-state index in [1.54, 1.807) is 0 Å². The molecule has 2 amide bonds. The second-order valence-corrected chi connectivity index (χ2v) is 6.12. The number of aryl methyl sites for hydroxylation is 2. The molecule has 1 aromatic heterocycles. The van der Waals surface area contributed by atoms with E-state index >= 15 is 0 Å². The minimum atomic E-state index is -0.248. The summed E-state index contributed by atoms with van der Waals surface area (Å²) in [5, 5.41) is 6.81. The molecular weight excluding hydrogens is 342 g/mol. The van der Waals surface area contributed by atoms with Crippen LogP contribution in [0.2, 0.25) is 0 Å². The zero-order valence-electron chi connectivity index (χ0n) is 12.4. The number of hydrogen-bond acceptors (Lipinski definition) is 1. The molecule has 0 fully saturated rings. The van der Waals surface area contributed by atoms with Crippen molar-refractivity contribution in [2.45, 2.75) is 6.92 Å². The lowest BCUT2D eigenvalue weighted by molar-refractivity contribution is 0.262. The van der Waals surface area contributed by atoms with E-state index in [1.165, 1.54) is 0 Å². The van der Waals surface area contributed by atoms with Crippen molar-refractivity contribution >= 4 is 44.2 Å². The highest BCUT2D eigenvalue weighted by molar-refractivity contribution is 9.10. The van der Waals surface area contributed by atoms with Gasteiger partial charge in [0.2, 0.25) is 0 Å². The number of urea groups is 1. The lowest BCUT2D eigenvalue weighted by Crippen LogP contribution is -2.19. The van der Waals surface area contributed by atoms with E-state index in [1.807, 2.05) is 67.2 Å². The molecule has 5 heteroatoms. The second kappa shape index (κ2) is 5.85. The van der Waals surface area contributed by atoms with Gasteiger partial charge in [-0.3, -0.25) is 0 Å². The van der Waals surface area contributed by atoms with Gasteiger partial charge >= 0.3 is 6.03 Å². The molecule has 0 saturated carbocycles. The van der Waals surface area contributed by atoms with Crippen molar-refractivity contribution in [3.8, 4) is 0 Å². The molecule has 3 aromatic rings. The lowest BCUT2D eigenvalue weighted by Gasteiger charge is -2.09. The Morgan fingerprint density at radius 3 is 2.59 bits per heavy atom. The first-order chi connectivity index (χ1) is 10.5. The van der Waals surface area contributed by atoms with Gasteiger partial charge < -0.3 is 15.2 Å². The smallest absolute Gasteiger partial charge is 0.323 e. The molecule has 4 nitrogen and oxygen atoms in total. The van der Waals surface area contributed by atoms with Crippen molar-refractivity contribution in [1.82, 2.24) is 4.57 Å². The van der Waals surface area contributed by atoms with Crippen LogP contribution in [0.5, 0.6) is 0 Å². The number of carbonyl (C=O) groups is 1. The number of nitrogens with one attached hydrogen (secondary N) is 2. The van der Waals surface area contributed by atoms with Crippen molar-refractivity contribution in [1.29, 1.82) is 0 Å². The molecule has 0 aliphatic heterocycles. The molecular formula is C17H16BrN3O. The van der Waals surface area contributed by atoms with E-state index in [2.05, 4.69) is 26.6 Å². The number of carbonyl (C=O) groups excluding carboxylic acids is 1. The first kappa shape index (κ1) is 14.7. The van der Waals surface area contributed by atoms with Gasteiger partial charge in [-0.2, -0.15) is 0 Å². The van der Waals surface area contributed by atoms with Gasteiger partial charge in [0.1, 0.15) is 0 Å². The number of halogens is 1. The van der Waals surface area contributed by atoms with Gasteiger partial charge in [-0.15, -0.1) is 0 Å². The summed E-state index contributed by atoms with van der Waals surface area (Å²) in [6.45, 7) is 1.96. The van der Waals surface area contributed by atoms with Crippen LogP contribution in [0.4, 0.5) is 16.2 Å². The molecule has 2 aromatic carbocycles. The van der Waals surface area contributed by atoms with Crippen molar-refractivity contribution in [2.75, 3.05) is 10.6 Å². The highest BCUT2D eigenvalue weighted by Gasteiger charge is 2.10. The minimum Gasteiger partial charge on any atom is -0.348 e. The molecule has 2 N–H and O–H groups in total. The molecule has 0 unspecified atom stereocenters. The molecule has 0 radical (unpaired) electrons. The van der Waals surface area contributed by atoms with Crippen LogP contribution in [0.1, 0.15) is 5.56 Å². The minimum absolute atomic E-state index is 0.248. The largest absolute Gasteiger partial charge is 0.348 e. The molecule has 0 aliphatic carbocycles. The summed E-state index contributed by atoms with van der Waals surface area (Å²) in [5.74, 6) is 0. The number of rotatable bonds is 2. The number of nitrogens with zero attached hydrogens (tertiary/aromatic N) is 1. The molecule has 3 rings (SSSR count). The Hall–Kier alpha value is -2.27. The molecule has 0 aliphatic rings. The number of para-hydroxylation sites is 1. The third-order valence-corrected chi connectivity index (χ3v) is 4.08. The molecule has 0 saturated heterocycles. The number of fused-ring (bicyclic) bond motifs is 1. The van der Waals surface area contributed by atoms with Crippen molar-refractivity contribution in [3.05, 3.63) is 58.7 Å².